The number of hydrogen-bond acceptors (Lipinski definition) is 2. The van der Waals surface area contributed by atoms with Crippen LogP contribution in [0.2, 0.25) is 5.02 Å². The van der Waals surface area contributed by atoms with Crippen molar-refractivity contribution >= 4 is 17.5 Å². The van der Waals surface area contributed by atoms with Crippen molar-refractivity contribution in [3.63, 3.8) is 0 Å². The average molecular weight is 294 g/mol. The molecule has 2 N–H and O–H groups in total. The van der Waals surface area contributed by atoms with E-state index in [1.807, 2.05) is 6.07 Å². The zero-order valence-corrected chi connectivity index (χ0v) is 11.4. The summed E-state index contributed by atoms with van der Waals surface area (Å²) in [7, 11) is 0. The van der Waals surface area contributed by atoms with Crippen LogP contribution in [0, 0.1) is 5.82 Å². The summed E-state index contributed by atoms with van der Waals surface area (Å²) >= 11 is 5.96. The predicted octanol–water partition coefficient (Wildman–Crippen LogP) is 3.69. The molecular formula is C15H13ClFNO2. The highest BCUT2D eigenvalue weighted by atomic mass is 35.5. The molecule has 0 aliphatic heterocycles. The number of carbonyl (C=O) groups is 1. The van der Waals surface area contributed by atoms with Gasteiger partial charge < -0.3 is 10.5 Å². The number of amides is 1. The molecule has 0 radical (unpaired) electrons. The Bertz CT molecular complexity index is 617. The summed E-state index contributed by atoms with van der Waals surface area (Å²) in [5, 5.41) is 0.175. The van der Waals surface area contributed by atoms with Gasteiger partial charge in [-0.25, -0.2) is 4.39 Å². The number of hydrogen-bond donors (Lipinski definition) is 1. The van der Waals surface area contributed by atoms with Gasteiger partial charge in [0.05, 0.1) is 5.02 Å². The molecule has 2 aromatic rings. The van der Waals surface area contributed by atoms with Crippen molar-refractivity contribution in [3.8, 4) is 11.5 Å². The Hall–Kier alpha value is -2.07. The summed E-state index contributed by atoms with van der Waals surface area (Å²) in [4.78, 5) is 10.8. The molecule has 0 spiro atoms. The zero-order valence-electron chi connectivity index (χ0n) is 10.6. The molecule has 0 unspecified atom stereocenters. The second kappa shape index (κ2) is 6.39. The van der Waals surface area contributed by atoms with Crippen molar-refractivity contribution in [1.29, 1.82) is 0 Å². The van der Waals surface area contributed by atoms with Crippen LogP contribution in [0.5, 0.6) is 11.5 Å². The Morgan fingerprint density at radius 1 is 1.20 bits per heavy atom. The highest BCUT2D eigenvalue weighted by molar-refractivity contribution is 6.32. The Kier molecular flexibility index (Phi) is 4.58. The van der Waals surface area contributed by atoms with Crippen LogP contribution in [-0.2, 0) is 11.2 Å². The lowest BCUT2D eigenvalue weighted by molar-refractivity contribution is -0.117. The van der Waals surface area contributed by atoms with Crippen molar-refractivity contribution in [1.82, 2.24) is 0 Å². The Labute approximate surface area is 121 Å². The molecule has 0 saturated heterocycles. The maximum atomic E-state index is 14.3. The summed E-state index contributed by atoms with van der Waals surface area (Å²) in [6.45, 7) is 0. The van der Waals surface area contributed by atoms with E-state index in [-0.39, 0.29) is 23.6 Å². The van der Waals surface area contributed by atoms with Crippen LogP contribution in [0.3, 0.4) is 0 Å². The number of benzene rings is 2. The fraction of sp³-hybridized carbons (Fsp3) is 0.133. The number of rotatable bonds is 5. The van der Waals surface area contributed by atoms with Crippen LogP contribution in [0.4, 0.5) is 4.39 Å². The predicted molar refractivity (Wildman–Crippen MR) is 75.4 cm³/mol. The molecule has 0 heterocycles. The minimum atomic E-state index is -0.567. The second-order valence-corrected chi connectivity index (χ2v) is 4.64. The average Bonchev–Trinajstić information content (AvgIpc) is 2.43. The Morgan fingerprint density at radius 2 is 1.90 bits per heavy atom. The molecule has 0 aliphatic carbocycles. The van der Waals surface area contributed by atoms with Crippen LogP contribution in [0.25, 0.3) is 0 Å². The quantitative estimate of drug-likeness (QED) is 0.914. The van der Waals surface area contributed by atoms with Crippen LogP contribution < -0.4 is 10.5 Å². The Morgan fingerprint density at radius 3 is 2.55 bits per heavy atom. The van der Waals surface area contributed by atoms with Gasteiger partial charge in [-0.2, -0.15) is 0 Å². The lowest BCUT2D eigenvalue weighted by Crippen LogP contribution is -2.11. The van der Waals surface area contributed by atoms with Crippen LogP contribution in [0.1, 0.15) is 12.0 Å². The third-order valence-corrected chi connectivity index (χ3v) is 3.03. The minimum Gasteiger partial charge on any atom is -0.453 e. The second-order valence-electron chi connectivity index (χ2n) is 4.23. The van der Waals surface area contributed by atoms with Crippen LogP contribution >= 0.6 is 11.6 Å². The van der Waals surface area contributed by atoms with Gasteiger partial charge in [0.1, 0.15) is 5.75 Å². The SMILES string of the molecule is NC(=O)CCc1ccc(Cl)c(Oc2ccccc2)c1F. The molecule has 0 aromatic heterocycles. The summed E-state index contributed by atoms with van der Waals surface area (Å²) in [5.41, 5.74) is 5.41. The van der Waals surface area contributed by atoms with E-state index in [1.165, 1.54) is 6.07 Å². The molecule has 0 saturated carbocycles. The number of aryl methyl sites for hydroxylation is 1. The van der Waals surface area contributed by atoms with Gasteiger partial charge >= 0.3 is 0 Å². The maximum Gasteiger partial charge on any atom is 0.217 e. The van der Waals surface area contributed by atoms with Crippen molar-refractivity contribution in [2.75, 3.05) is 0 Å². The van der Waals surface area contributed by atoms with E-state index in [1.54, 1.807) is 30.3 Å². The van der Waals surface area contributed by atoms with Crippen LogP contribution in [-0.4, -0.2) is 5.91 Å². The van der Waals surface area contributed by atoms with Gasteiger partial charge in [-0.3, -0.25) is 4.79 Å². The van der Waals surface area contributed by atoms with Gasteiger partial charge in [0.25, 0.3) is 0 Å². The van der Waals surface area contributed by atoms with Gasteiger partial charge in [0.2, 0.25) is 5.91 Å². The Balaban J connectivity index is 2.27. The number of nitrogens with two attached hydrogens (primary N) is 1. The summed E-state index contributed by atoms with van der Waals surface area (Å²) in [6.07, 6.45) is 0.285. The monoisotopic (exact) mass is 293 g/mol. The maximum absolute atomic E-state index is 14.3. The highest BCUT2D eigenvalue weighted by Gasteiger charge is 2.15. The standard InChI is InChI=1S/C15H13ClFNO2/c16-12-8-6-10(7-9-13(18)19)14(17)15(12)20-11-4-2-1-3-5-11/h1-6,8H,7,9H2,(H2,18,19). The van der Waals surface area contributed by atoms with E-state index in [0.29, 0.717) is 11.3 Å². The molecule has 0 atom stereocenters. The molecule has 1 amide bonds. The van der Waals surface area contributed by atoms with Gasteiger partial charge in [-0.05, 0) is 30.2 Å². The molecule has 20 heavy (non-hydrogen) atoms. The van der Waals surface area contributed by atoms with Gasteiger partial charge in [0, 0.05) is 6.42 Å². The van der Waals surface area contributed by atoms with E-state index in [0.717, 1.165) is 0 Å². The number of halogens is 2. The summed E-state index contributed by atoms with van der Waals surface area (Å²) in [6, 6.07) is 11.8. The summed E-state index contributed by atoms with van der Waals surface area (Å²) in [5.74, 6) is -0.604. The first-order valence-electron chi connectivity index (χ1n) is 6.06. The molecule has 104 valence electrons. The first-order chi connectivity index (χ1) is 9.58. The number of carbonyl (C=O) groups excluding carboxylic acids is 1. The summed E-state index contributed by atoms with van der Waals surface area (Å²) < 4.78 is 19.8. The van der Waals surface area contributed by atoms with Crippen molar-refractivity contribution in [3.05, 3.63) is 58.9 Å². The number of ether oxygens (including phenoxy) is 1. The van der Waals surface area contributed by atoms with Crippen LogP contribution in [0.15, 0.2) is 42.5 Å². The van der Waals surface area contributed by atoms with E-state index < -0.39 is 11.7 Å². The lowest BCUT2D eigenvalue weighted by Gasteiger charge is -2.11. The first kappa shape index (κ1) is 14.3. The topological polar surface area (TPSA) is 52.3 Å². The third kappa shape index (κ3) is 3.48. The number of primary amides is 1. The molecule has 5 heteroatoms. The van der Waals surface area contributed by atoms with Crippen molar-refractivity contribution in [2.24, 2.45) is 5.73 Å². The van der Waals surface area contributed by atoms with Gasteiger partial charge in [-0.1, -0.05) is 35.9 Å². The van der Waals surface area contributed by atoms with E-state index in [9.17, 15) is 9.18 Å². The molecule has 3 nitrogen and oxygen atoms in total. The van der Waals surface area contributed by atoms with E-state index in [2.05, 4.69) is 0 Å². The van der Waals surface area contributed by atoms with E-state index >= 15 is 0 Å². The molecular weight excluding hydrogens is 281 g/mol. The number of para-hydroxylation sites is 1. The molecule has 0 fully saturated rings. The normalized spacial score (nSPS) is 10.3. The fourth-order valence-corrected chi connectivity index (χ4v) is 1.91. The molecule has 0 bridgehead atoms. The van der Waals surface area contributed by atoms with Crippen molar-refractivity contribution in [2.45, 2.75) is 12.8 Å². The molecule has 2 rings (SSSR count). The van der Waals surface area contributed by atoms with Gasteiger partial charge in [0.15, 0.2) is 11.6 Å². The highest BCUT2D eigenvalue weighted by Crippen LogP contribution is 2.34. The van der Waals surface area contributed by atoms with Gasteiger partial charge in [-0.15, -0.1) is 0 Å². The first-order valence-corrected chi connectivity index (χ1v) is 6.44. The minimum absolute atomic E-state index is 0.0418. The zero-order chi connectivity index (χ0) is 14.5. The fourth-order valence-electron chi connectivity index (χ4n) is 1.72. The van der Waals surface area contributed by atoms with Crippen molar-refractivity contribution < 1.29 is 13.9 Å². The molecule has 0 aliphatic rings. The smallest absolute Gasteiger partial charge is 0.217 e. The lowest BCUT2D eigenvalue weighted by atomic mass is 10.1. The molecule has 2 aromatic carbocycles. The third-order valence-electron chi connectivity index (χ3n) is 2.73. The van der Waals surface area contributed by atoms with E-state index in [4.69, 9.17) is 22.1 Å². The largest absolute Gasteiger partial charge is 0.453 e.